The van der Waals surface area contributed by atoms with E-state index in [0.717, 1.165) is 25.7 Å². The first-order valence-electron chi connectivity index (χ1n) is 9.31. The Hall–Kier alpha value is -1.79. The topological polar surface area (TPSA) is 79.0 Å². The lowest BCUT2D eigenvalue weighted by Crippen LogP contribution is -2.56. The second-order valence-electron chi connectivity index (χ2n) is 8.45. The van der Waals surface area contributed by atoms with E-state index in [1.54, 1.807) is 4.90 Å². The average molecular weight is 351 g/mol. The number of piperidine rings is 2. The lowest BCUT2D eigenvalue weighted by atomic mass is 10.0. The molecule has 0 radical (unpaired) electrons. The van der Waals surface area contributed by atoms with Gasteiger partial charge in [-0.1, -0.05) is 0 Å². The fraction of sp³-hybridized carbons (Fsp3) is 0.833. The van der Waals surface area contributed by atoms with Crippen LogP contribution in [0.3, 0.4) is 0 Å². The number of hydrogen-bond donors (Lipinski definition) is 1. The SMILES string of the molecule is CC(C)(C)OC(=O)N1CCCC(NC(=O)N2C3CCC2CC(=O)C3)C1. The second-order valence-corrected chi connectivity index (χ2v) is 8.45. The first kappa shape index (κ1) is 18.0. The van der Waals surface area contributed by atoms with Crippen molar-refractivity contribution >= 4 is 17.9 Å². The summed E-state index contributed by atoms with van der Waals surface area (Å²) in [5, 5.41) is 3.08. The number of hydrogen-bond acceptors (Lipinski definition) is 4. The molecule has 3 atom stereocenters. The quantitative estimate of drug-likeness (QED) is 0.786. The molecule has 3 aliphatic heterocycles. The highest BCUT2D eigenvalue weighted by atomic mass is 16.6. The summed E-state index contributed by atoms with van der Waals surface area (Å²) in [6, 6.07) is -0.0459. The number of urea groups is 1. The van der Waals surface area contributed by atoms with Crippen LogP contribution in [-0.2, 0) is 9.53 Å². The van der Waals surface area contributed by atoms with Crippen LogP contribution in [0.2, 0.25) is 0 Å². The summed E-state index contributed by atoms with van der Waals surface area (Å²) in [5.41, 5.74) is -0.521. The summed E-state index contributed by atoms with van der Waals surface area (Å²) in [7, 11) is 0. The Balaban J connectivity index is 1.55. The molecule has 3 aliphatic rings. The predicted molar refractivity (Wildman–Crippen MR) is 92.3 cm³/mol. The monoisotopic (exact) mass is 351 g/mol. The molecular formula is C18H29N3O4. The van der Waals surface area contributed by atoms with Crippen molar-refractivity contribution in [3.05, 3.63) is 0 Å². The van der Waals surface area contributed by atoms with Gasteiger partial charge in [0.15, 0.2) is 0 Å². The maximum atomic E-state index is 12.7. The summed E-state index contributed by atoms with van der Waals surface area (Å²) in [6.07, 6.45) is 4.17. The molecule has 1 N–H and O–H groups in total. The van der Waals surface area contributed by atoms with Gasteiger partial charge in [-0.15, -0.1) is 0 Å². The van der Waals surface area contributed by atoms with Gasteiger partial charge >= 0.3 is 12.1 Å². The first-order valence-corrected chi connectivity index (χ1v) is 9.31. The molecule has 3 unspecified atom stereocenters. The number of amides is 3. The highest BCUT2D eigenvalue weighted by Gasteiger charge is 2.43. The highest BCUT2D eigenvalue weighted by molar-refractivity contribution is 5.85. The molecule has 0 aromatic rings. The number of likely N-dealkylation sites (tertiary alicyclic amines) is 1. The molecule has 0 aliphatic carbocycles. The Labute approximate surface area is 149 Å². The molecule has 0 aromatic heterocycles. The van der Waals surface area contributed by atoms with Gasteiger partial charge in [0, 0.05) is 44.1 Å². The van der Waals surface area contributed by atoms with Crippen LogP contribution in [0, 0.1) is 0 Å². The third-order valence-corrected chi connectivity index (χ3v) is 5.18. The number of nitrogens with one attached hydrogen (secondary N) is 1. The molecule has 3 rings (SSSR count). The maximum absolute atomic E-state index is 12.7. The van der Waals surface area contributed by atoms with E-state index in [9.17, 15) is 14.4 Å². The van der Waals surface area contributed by atoms with Crippen molar-refractivity contribution in [1.82, 2.24) is 15.1 Å². The molecule has 0 spiro atoms. The molecule has 0 saturated carbocycles. The molecule has 3 heterocycles. The number of ether oxygens (including phenoxy) is 1. The van der Waals surface area contributed by atoms with Crippen molar-refractivity contribution in [3.8, 4) is 0 Å². The van der Waals surface area contributed by atoms with E-state index >= 15 is 0 Å². The van der Waals surface area contributed by atoms with Gasteiger partial charge in [-0.05, 0) is 46.5 Å². The third kappa shape index (κ3) is 4.25. The summed E-state index contributed by atoms with van der Waals surface area (Å²) >= 11 is 0. The van der Waals surface area contributed by atoms with Crippen LogP contribution in [0.15, 0.2) is 0 Å². The predicted octanol–water partition coefficient (Wildman–Crippen LogP) is 2.29. The minimum absolute atomic E-state index is 0.0526. The van der Waals surface area contributed by atoms with Gasteiger partial charge in [-0.2, -0.15) is 0 Å². The summed E-state index contributed by atoms with van der Waals surface area (Å²) in [4.78, 5) is 40.2. The van der Waals surface area contributed by atoms with Gasteiger partial charge in [0.2, 0.25) is 0 Å². The van der Waals surface area contributed by atoms with Crippen molar-refractivity contribution in [2.24, 2.45) is 0 Å². The van der Waals surface area contributed by atoms with E-state index < -0.39 is 5.60 Å². The van der Waals surface area contributed by atoms with E-state index in [4.69, 9.17) is 4.74 Å². The van der Waals surface area contributed by atoms with Gasteiger partial charge in [0.1, 0.15) is 11.4 Å². The van der Waals surface area contributed by atoms with Crippen LogP contribution in [0.1, 0.15) is 59.3 Å². The average Bonchev–Trinajstić information content (AvgIpc) is 2.78. The van der Waals surface area contributed by atoms with E-state index in [2.05, 4.69) is 5.32 Å². The minimum atomic E-state index is -0.521. The number of carbonyl (C=O) groups is 3. The lowest BCUT2D eigenvalue weighted by Gasteiger charge is -2.38. The molecule has 3 amide bonds. The third-order valence-electron chi connectivity index (χ3n) is 5.18. The zero-order valence-corrected chi connectivity index (χ0v) is 15.4. The van der Waals surface area contributed by atoms with Crippen LogP contribution in [-0.4, -0.2) is 64.5 Å². The van der Waals surface area contributed by atoms with Crippen molar-refractivity contribution < 1.29 is 19.1 Å². The highest BCUT2D eigenvalue weighted by Crippen LogP contribution is 2.34. The molecular weight excluding hydrogens is 322 g/mol. The van der Waals surface area contributed by atoms with Crippen LogP contribution in [0.4, 0.5) is 9.59 Å². The standard InChI is InChI=1S/C18H29N3O4/c1-18(2,3)25-17(24)20-8-4-5-12(11-20)19-16(23)21-13-6-7-14(21)10-15(22)9-13/h12-14H,4-11H2,1-3H3,(H,19,23). The van der Waals surface area contributed by atoms with Crippen LogP contribution in [0.5, 0.6) is 0 Å². The summed E-state index contributed by atoms with van der Waals surface area (Å²) in [5.74, 6) is 0.269. The smallest absolute Gasteiger partial charge is 0.410 e. The zero-order chi connectivity index (χ0) is 18.2. The zero-order valence-electron chi connectivity index (χ0n) is 15.4. The van der Waals surface area contributed by atoms with Crippen molar-refractivity contribution in [3.63, 3.8) is 0 Å². The Bertz CT molecular complexity index is 541. The van der Waals surface area contributed by atoms with Gasteiger partial charge in [0.25, 0.3) is 0 Å². The number of ketones is 1. The van der Waals surface area contributed by atoms with E-state index in [-0.39, 0.29) is 36.0 Å². The van der Waals surface area contributed by atoms with Crippen LogP contribution < -0.4 is 5.32 Å². The minimum Gasteiger partial charge on any atom is -0.444 e. The van der Waals surface area contributed by atoms with E-state index in [1.807, 2.05) is 25.7 Å². The summed E-state index contributed by atoms with van der Waals surface area (Å²) in [6.45, 7) is 6.68. The molecule has 0 aromatic carbocycles. The molecule has 3 saturated heterocycles. The fourth-order valence-corrected chi connectivity index (χ4v) is 4.14. The van der Waals surface area contributed by atoms with E-state index in [0.29, 0.717) is 25.9 Å². The Morgan fingerprint density at radius 3 is 2.36 bits per heavy atom. The number of fused-ring (bicyclic) bond motifs is 2. The molecule has 2 bridgehead atoms. The molecule has 140 valence electrons. The van der Waals surface area contributed by atoms with Crippen molar-refractivity contribution in [1.29, 1.82) is 0 Å². The van der Waals surface area contributed by atoms with Crippen molar-refractivity contribution in [2.45, 2.75) is 83.0 Å². The molecule has 7 nitrogen and oxygen atoms in total. The van der Waals surface area contributed by atoms with Gasteiger partial charge in [0.05, 0.1) is 0 Å². The van der Waals surface area contributed by atoms with Crippen LogP contribution >= 0.6 is 0 Å². The maximum Gasteiger partial charge on any atom is 0.410 e. The second kappa shape index (κ2) is 6.84. The van der Waals surface area contributed by atoms with Crippen LogP contribution in [0.25, 0.3) is 0 Å². The summed E-state index contributed by atoms with van der Waals surface area (Å²) < 4.78 is 5.43. The molecule has 25 heavy (non-hydrogen) atoms. The van der Waals surface area contributed by atoms with E-state index in [1.165, 1.54) is 0 Å². The normalized spacial score (nSPS) is 29.6. The Morgan fingerprint density at radius 2 is 1.76 bits per heavy atom. The van der Waals surface area contributed by atoms with Gasteiger partial charge in [-0.3, -0.25) is 4.79 Å². The largest absolute Gasteiger partial charge is 0.444 e. The van der Waals surface area contributed by atoms with Gasteiger partial charge < -0.3 is 19.9 Å². The Morgan fingerprint density at radius 1 is 1.12 bits per heavy atom. The number of rotatable bonds is 1. The number of Topliss-reactive ketones (excluding diaryl/α,β-unsaturated/α-hetero) is 1. The van der Waals surface area contributed by atoms with Gasteiger partial charge in [-0.25, -0.2) is 9.59 Å². The van der Waals surface area contributed by atoms with Crippen molar-refractivity contribution in [2.75, 3.05) is 13.1 Å². The number of carbonyl (C=O) groups excluding carboxylic acids is 3. The first-order chi connectivity index (χ1) is 11.7. The molecule has 3 fully saturated rings. The molecule has 7 heteroatoms. The lowest BCUT2D eigenvalue weighted by molar-refractivity contribution is -0.122. The fourth-order valence-electron chi connectivity index (χ4n) is 4.14. The Kier molecular flexibility index (Phi) is 4.93. The number of nitrogens with zero attached hydrogens (tertiary/aromatic N) is 2.